The summed E-state index contributed by atoms with van der Waals surface area (Å²) in [4.78, 5) is 10.7. The van der Waals surface area contributed by atoms with Gasteiger partial charge in [-0.05, 0) is 36.6 Å². The van der Waals surface area contributed by atoms with Crippen molar-refractivity contribution < 1.29 is 19.1 Å². The average molecular weight is 340 g/mol. The molecular weight excluding hydrogens is 316 g/mol. The molecule has 0 fully saturated rings. The number of benzene rings is 2. The standard InChI is InChI=1S/C19H18O4.C2H6/c1-12-7-14(8-13(2)19(12)23-11-18(20)21)9-15-10-22-17-6-4-3-5-16(15)17;1-2/h3-8,10H,9,11H2,1-2H3,(H,20,21);1-2H3. The van der Waals surface area contributed by atoms with Crippen LogP contribution >= 0.6 is 0 Å². The highest BCUT2D eigenvalue weighted by atomic mass is 16.5. The normalized spacial score (nSPS) is 10.2. The number of hydrogen-bond acceptors (Lipinski definition) is 3. The van der Waals surface area contributed by atoms with E-state index in [1.807, 2.05) is 58.0 Å². The Morgan fingerprint density at radius 1 is 1.12 bits per heavy atom. The summed E-state index contributed by atoms with van der Waals surface area (Å²) < 4.78 is 11.0. The zero-order valence-electron chi connectivity index (χ0n) is 15.1. The second-order valence-corrected chi connectivity index (χ2v) is 5.68. The molecule has 0 bridgehead atoms. The SMILES string of the molecule is CC.Cc1cc(Cc2coc3ccccc23)cc(C)c1OCC(=O)O. The largest absolute Gasteiger partial charge is 0.481 e. The minimum atomic E-state index is -0.974. The van der Waals surface area contributed by atoms with Crippen molar-refractivity contribution in [2.45, 2.75) is 34.1 Å². The van der Waals surface area contributed by atoms with Crippen LogP contribution in [0.2, 0.25) is 0 Å². The van der Waals surface area contributed by atoms with E-state index in [0.29, 0.717) is 5.75 Å². The molecule has 0 saturated carbocycles. The second-order valence-electron chi connectivity index (χ2n) is 5.68. The Kier molecular flexibility index (Phi) is 6.23. The van der Waals surface area contributed by atoms with Crippen molar-refractivity contribution >= 4 is 16.9 Å². The first kappa shape index (κ1) is 18.6. The Bertz CT molecular complexity index is 838. The van der Waals surface area contributed by atoms with Gasteiger partial charge in [0, 0.05) is 17.4 Å². The van der Waals surface area contributed by atoms with E-state index in [9.17, 15) is 4.79 Å². The summed E-state index contributed by atoms with van der Waals surface area (Å²) in [6.07, 6.45) is 2.56. The van der Waals surface area contributed by atoms with Crippen LogP contribution in [0.3, 0.4) is 0 Å². The molecule has 3 rings (SSSR count). The molecule has 1 heterocycles. The fourth-order valence-electron chi connectivity index (χ4n) is 2.89. The van der Waals surface area contributed by atoms with E-state index in [-0.39, 0.29) is 6.61 Å². The fourth-order valence-corrected chi connectivity index (χ4v) is 2.89. The highest BCUT2D eigenvalue weighted by Gasteiger charge is 2.11. The molecule has 0 aliphatic heterocycles. The fraction of sp³-hybridized carbons (Fsp3) is 0.286. The monoisotopic (exact) mass is 340 g/mol. The van der Waals surface area contributed by atoms with Gasteiger partial charge in [0.05, 0.1) is 6.26 Å². The van der Waals surface area contributed by atoms with Crippen LogP contribution in [-0.2, 0) is 11.2 Å². The summed E-state index contributed by atoms with van der Waals surface area (Å²) in [7, 11) is 0. The molecule has 1 aromatic heterocycles. The third-order valence-electron chi connectivity index (χ3n) is 3.82. The molecular formula is C21H24O4. The molecule has 0 radical (unpaired) electrons. The number of ether oxygens (including phenoxy) is 1. The number of hydrogen-bond donors (Lipinski definition) is 1. The van der Waals surface area contributed by atoms with E-state index in [1.165, 1.54) is 0 Å². The van der Waals surface area contributed by atoms with Crippen LogP contribution in [0.4, 0.5) is 0 Å². The zero-order chi connectivity index (χ0) is 18.4. The summed E-state index contributed by atoms with van der Waals surface area (Å²) in [6, 6.07) is 12.0. The van der Waals surface area contributed by atoms with Crippen LogP contribution in [0.15, 0.2) is 47.1 Å². The molecule has 0 atom stereocenters. The lowest BCUT2D eigenvalue weighted by Crippen LogP contribution is -2.11. The Morgan fingerprint density at radius 2 is 1.76 bits per heavy atom. The van der Waals surface area contributed by atoms with Gasteiger partial charge in [0.2, 0.25) is 0 Å². The van der Waals surface area contributed by atoms with Crippen LogP contribution in [0, 0.1) is 13.8 Å². The molecule has 3 aromatic rings. The van der Waals surface area contributed by atoms with E-state index in [2.05, 4.69) is 6.07 Å². The molecule has 0 aliphatic rings. The van der Waals surface area contributed by atoms with Crippen molar-refractivity contribution in [1.29, 1.82) is 0 Å². The molecule has 4 nitrogen and oxygen atoms in total. The first-order chi connectivity index (χ1) is 12.0. The molecule has 0 spiro atoms. The predicted molar refractivity (Wildman–Crippen MR) is 99.4 cm³/mol. The number of carbonyl (C=O) groups is 1. The summed E-state index contributed by atoms with van der Waals surface area (Å²) in [5, 5.41) is 9.87. The zero-order valence-corrected chi connectivity index (χ0v) is 15.1. The van der Waals surface area contributed by atoms with Crippen LogP contribution in [-0.4, -0.2) is 17.7 Å². The van der Waals surface area contributed by atoms with Crippen molar-refractivity contribution in [2.75, 3.05) is 6.61 Å². The van der Waals surface area contributed by atoms with Gasteiger partial charge in [-0.2, -0.15) is 0 Å². The van der Waals surface area contributed by atoms with Gasteiger partial charge in [-0.3, -0.25) is 0 Å². The van der Waals surface area contributed by atoms with Gasteiger partial charge in [-0.25, -0.2) is 4.79 Å². The summed E-state index contributed by atoms with van der Waals surface area (Å²) in [5.41, 5.74) is 5.05. The molecule has 4 heteroatoms. The van der Waals surface area contributed by atoms with Gasteiger partial charge < -0.3 is 14.3 Å². The van der Waals surface area contributed by atoms with Crippen molar-refractivity contribution in [3.63, 3.8) is 0 Å². The molecule has 0 unspecified atom stereocenters. The van der Waals surface area contributed by atoms with Crippen molar-refractivity contribution in [1.82, 2.24) is 0 Å². The van der Waals surface area contributed by atoms with E-state index in [1.54, 1.807) is 6.26 Å². The van der Waals surface area contributed by atoms with Gasteiger partial charge in [0.15, 0.2) is 6.61 Å². The number of aryl methyl sites for hydroxylation is 2. The minimum Gasteiger partial charge on any atom is -0.481 e. The third kappa shape index (κ3) is 4.41. The number of carboxylic acid groups (broad SMARTS) is 1. The summed E-state index contributed by atoms with van der Waals surface area (Å²) in [6.45, 7) is 7.54. The lowest BCUT2D eigenvalue weighted by Gasteiger charge is -2.12. The van der Waals surface area contributed by atoms with Crippen LogP contribution in [0.25, 0.3) is 11.0 Å². The van der Waals surface area contributed by atoms with Gasteiger partial charge in [0.25, 0.3) is 0 Å². The van der Waals surface area contributed by atoms with Crippen LogP contribution in [0.5, 0.6) is 5.75 Å². The van der Waals surface area contributed by atoms with E-state index in [4.69, 9.17) is 14.3 Å². The smallest absolute Gasteiger partial charge is 0.341 e. The highest BCUT2D eigenvalue weighted by molar-refractivity contribution is 5.81. The molecule has 25 heavy (non-hydrogen) atoms. The molecule has 0 saturated heterocycles. The average Bonchev–Trinajstić information content (AvgIpc) is 2.99. The Labute approximate surface area is 148 Å². The number of carboxylic acids is 1. The highest BCUT2D eigenvalue weighted by Crippen LogP contribution is 2.28. The Hall–Kier alpha value is -2.75. The first-order valence-corrected chi connectivity index (χ1v) is 8.44. The molecule has 1 N–H and O–H groups in total. The first-order valence-electron chi connectivity index (χ1n) is 8.44. The Morgan fingerprint density at radius 3 is 2.40 bits per heavy atom. The van der Waals surface area contributed by atoms with Gasteiger partial charge in [-0.15, -0.1) is 0 Å². The quantitative estimate of drug-likeness (QED) is 0.699. The van der Waals surface area contributed by atoms with Crippen molar-refractivity contribution in [2.24, 2.45) is 0 Å². The number of furan rings is 1. The number of aliphatic carboxylic acids is 1. The lowest BCUT2D eigenvalue weighted by molar-refractivity contribution is -0.139. The van der Waals surface area contributed by atoms with Gasteiger partial charge >= 0.3 is 5.97 Å². The molecule has 132 valence electrons. The summed E-state index contributed by atoms with van der Waals surface area (Å²) in [5.74, 6) is -0.328. The minimum absolute atomic E-state index is 0.326. The van der Waals surface area contributed by atoms with Crippen LogP contribution < -0.4 is 4.74 Å². The molecule has 0 aliphatic carbocycles. The number of rotatable bonds is 5. The van der Waals surface area contributed by atoms with Gasteiger partial charge in [-0.1, -0.05) is 44.2 Å². The van der Waals surface area contributed by atoms with Crippen molar-refractivity contribution in [3.8, 4) is 5.75 Å². The molecule has 2 aromatic carbocycles. The third-order valence-corrected chi connectivity index (χ3v) is 3.82. The topological polar surface area (TPSA) is 59.7 Å². The van der Waals surface area contributed by atoms with E-state index < -0.39 is 5.97 Å². The second kappa shape index (κ2) is 8.38. The van der Waals surface area contributed by atoms with Gasteiger partial charge in [0.1, 0.15) is 11.3 Å². The van der Waals surface area contributed by atoms with Crippen LogP contribution in [0.1, 0.15) is 36.1 Å². The molecule has 0 amide bonds. The van der Waals surface area contributed by atoms with E-state index >= 15 is 0 Å². The predicted octanol–water partition coefficient (Wildman–Crippen LogP) is 5.13. The maximum atomic E-state index is 10.7. The lowest BCUT2D eigenvalue weighted by atomic mass is 9.99. The summed E-state index contributed by atoms with van der Waals surface area (Å²) >= 11 is 0. The van der Waals surface area contributed by atoms with E-state index in [0.717, 1.165) is 39.6 Å². The maximum Gasteiger partial charge on any atom is 0.341 e. The number of fused-ring (bicyclic) bond motifs is 1. The van der Waals surface area contributed by atoms with Crippen molar-refractivity contribution in [3.05, 3.63) is 64.9 Å². The maximum absolute atomic E-state index is 10.7. The Balaban J connectivity index is 0.00000109. The number of para-hydroxylation sites is 1.